The molecule has 0 N–H and O–H groups in total. The summed E-state index contributed by atoms with van der Waals surface area (Å²) < 4.78 is 0. The minimum atomic E-state index is 0.628. The summed E-state index contributed by atoms with van der Waals surface area (Å²) in [6, 6.07) is 0. The van der Waals surface area contributed by atoms with Crippen molar-refractivity contribution >= 4 is 85.8 Å². The van der Waals surface area contributed by atoms with Crippen molar-refractivity contribution in [2.45, 2.75) is 10.5 Å². The molecule has 0 saturated carbocycles. The van der Waals surface area contributed by atoms with E-state index in [1.807, 2.05) is 35.3 Å². The fourth-order valence-electron chi connectivity index (χ4n) is 1.21. The Morgan fingerprint density at radius 1 is 0.706 bits per heavy atom. The van der Waals surface area contributed by atoms with E-state index < -0.39 is 0 Å². The molecule has 0 aliphatic carbocycles. The Kier molecular flexibility index (Phi) is 17.0. The molecule has 0 heterocycles. The lowest BCUT2D eigenvalue weighted by Gasteiger charge is -2.24. The minimum Gasteiger partial charge on any atom is -0.179 e. The molecule has 17 heavy (non-hydrogen) atoms. The van der Waals surface area contributed by atoms with Crippen molar-refractivity contribution in [3.8, 4) is 0 Å². The van der Waals surface area contributed by atoms with Gasteiger partial charge in [0.15, 0.2) is 0 Å². The Balaban J connectivity index is 4.08. The van der Waals surface area contributed by atoms with Crippen LogP contribution >= 0.6 is 85.8 Å². The van der Waals surface area contributed by atoms with Gasteiger partial charge in [-0.1, -0.05) is 0 Å². The van der Waals surface area contributed by atoms with Crippen LogP contribution in [0, 0.1) is 0 Å². The van der Waals surface area contributed by atoms with Gasteiger partial charge < -0.3 is 0 Å². The fraction of sp³-hybridized carbons (Fsp3) is 1.00. The van der Waals surface area contributed by atoms with Gasteiger partial charge in [-0.25, -0.2) is 0 Å². The Bertz CT molecular complexity index is 156. The predicted molar refractivity (Wildman–Crippen MR) is 105 cm³/mol. The molecule has 7 heteroatoms. The summed E-state index contributed by atoms with van der Waals surface area (Å²) in [6.07, 6.45) is 0. The van der Waals surface area contributed by atoms with Gasteiger partial charge in [0.05, 0.1) is 0 Å². The van der Waals surface area contributed by atoms with Gasteiger partial charge in [-0.05, 0) is 17.3 Å². The highest BCUT2D eigenvalue weighted by molar-refractivity contribution is 8.06. The molecule has 0 bridgehead atoms. The van der Waals surface area contributed by atoms with E-state index in [1.54, 1.807) is 0 Å². The van der Waals surface area contributed by atoms with Gasteiger partial charge in [0, 0.05) is 39.3 Å². The van der Waals surface area contributed by atoms with E-state index in [4.69, 9.17) is 0 Å². The van der Waals surface area contributed by atoms with Crippen molar-refractivity contribution in [3.63, 3.8) is 0 Å². The molecule has 104 valence electrons. The number of hydrogen-bond acceptors (Lipinski definition) is 7. The normalized spacial score (nSPS) is 14.8. The van der Waals surface area contributed by atoms with Crippen molar-refractivity contribution in [1.82, 2.24) is 0 Å². The lowest BCUT2D eigenvalue weighted by molar-refractivity contribution is 0.951. The van der Waals surface area contributed by atoms with Gasteiger partial charge >= 0.3 is 0 Å². The molecule has 0 fully saturated rings. The third-order valence-corrected chi connectivity index (χ3v) is 8.37. The largest absolute Gasteiger partial charge is 0.179 e. The van der Waals surface area contributed by atoms with E-state index in [9.17, 15) is 0 Å². The van der Waals surface area contributed by atoms with Gasteiger partial charge in [-0.2, -0.15) is 85.8 Å². The average Bonchev–Trinajstić information content (AvgIpc) is 2.36. The van der Waals surface area contributed by atoms with Crippen molar-refractivity contribution in [2.24, 2.45) is 0 Å². The molecule has 0 aromatic carbocycles. The average molecular weight is 367 g/mol. The van der Waals surface area contributed by atoms with E-state index in [2.05, 4.69) is 50.5 Å². The third-order valence-electron chi connectivity index (χ3n) is 1.96. The van der Waals surface area contributed by atoms with Crippen LogP contribution < -0.4 is 0 Å². The fourth-order valence-corrected chi connectivity index (χ4v) is 6.52. The Morgan fingerprint density at radius 2 is 1.24 bits per heavy atom. The smallest absolute Gasteiger partial charge is 0.0265 e. The summed E-state index contributed by atoms with van der Waals surface area (Å²) in [5.41, 5.74) is 0. The molecule has 0 aliphatic heterocycles. The SMILES string of the molecule is SCCSCC(SCCS)C(CS)SCCS. The van der Waals surface area contributed by atoms with Gasteiger partial charge in [0.25, 0.3) is 0 Å². The molecule has 0 spiro atoms. The van der Waals surface area contributed by atoms with Crippen LogP contribution in [0.1, 0.15) is 0 Å². The molecule has 0 amide bonds. The second-order valence-electron chi connectivity index (χ2n) is 3.25. The first-order valence-electron chi connectivity index (χ1n) is 5.54. The van der Waals surface area contributed by atoms with Crippen LogP contribution in [0.4, 0.5) is 0 Å². The Morgan fingerprint density at radius 3 is 1.71 bits per heavy atom. The van der Waals surface area contributed by atoms with Crippen LogP contribution in [-0.2, 0) is 0 Å². The van der Waals surface area contributed by atoms with Crippen molar-refractivity contribution < 1.29 is 0 Å². The highest BCUT2D eigenvalue weighted by Gasteiger charge is 2.20. The molecule has 2 unspecified atom stereocenters. The van der Waals surface area contributed by atoms with Crippen molar-refractivity contribution in [2.75, 3.05) is 46.0 Å². The zero-order chi connectivity index (χ0) is 12.9. The monoisotopic (exact) mass is 366 g/mol. The highest BCUT2D eigenvalue weighted by atomic mass is 32.2. The third kappa shape index (κ3) is 10.9. The molecule has 0 rings (SSSR count). The Hall–Kier alpha value is 2.45. The summed E-state index contributed by atoms with van der Waals surface area (Å²) in [5, 5.41) is 1.30. The molecule has 0 aliphatic rings. The molecule has 0 aromatic heterocycles. The highest BCUT2D eigenvalue weighted by Crippen LogP contribution is 2.29. The summed E-state index contributed by atoms with van der Waals surface area (Å²) in [4.78, 5) is 0. The number of thiol groups is 4. The molecule has 2 atom stereocenters. The van der Waals surface area contributed by atoms with E-state index >= 15 is 0 Å². The van der Waals surface area contributed by atoms with Crippen LogP contribution in [-0.4, -0.2) is 56.5 Å². The number of thioether (sulfide) groups is 3. The van der Waals surface area contributed by atoms with Crippen LogP contribution in [0.15, 0.2) is 0 Å². The first kappa shape index (κ1) is 19.4. The zero-order valence-electron chi connectivity index (χ0n) is 9.83. The topological polar surface area (TPSA) is 0 Å². The van der Waals surface area contributed by atoms with Crippen LogP contribution in [0.2, 0.25) is 0 Å². The Labute approximate surface area is 141 Å². The molecular formula is C10H22S7. The molecule has 0 aromatic rings. The summed E-state index contributed by atoms with van der Waals surface area (Å²) in [7, 11) is 0. The quantitative estimate of drug-likeness (QED) is 0.308. The van der Waals surface area contributed by atoms with Crippen LogP contribution in [0.25, 0.3) is 0 Å². The van der Waals surface area contributed by atoms with Crippen LogP contribution in [0.5, 0.6) is 0 Å². The van der Waals surface area contributed by atoms with E-state index in [-0.39, 0.29) is 0 Å². The summed E-state index contributed by atoms with van der Waals surface area (Å²) in [5.74, 6) is 8.39. The second-order valence-corrected chi connectivity index (χ2v) is 8.80. The van der Waals surface area contributed by atoms with Gasteiger partial charge in [-0.15, -0.1) is 0 Å². The molecule has 0 saturated heterocycles. The maximum Gasteiger partial charge on any atom is 0.0265 e. The van der Waals surface area contributed by atoms with E-state index in [0.717, 1.165) is 40.3 Å². The molecular weight excluding hydrogens is 345 g/mol. The van der Waals surface area contributed by atoms with E-state index in [1.165, 1.54) is 5.75 Å². The predicted octanol–water partition coefficient (Wildman–Crippen LogP) is 3.64. The van der Waals surface area contributed by atoms with Gasteiger partial charge in [0.1, 0.15) is 0 Å². The second kappa shape index (κ2) is 14.9. The molecule has 0 radical (unpaired) electrons. The summed E-state index contributed by atoms with van der Waals surface area (Å²) >= 11 is 23.4. The lowest BCUT2D eigenvalue weighted by atomic mass is 10.3. The van der Waals surface area contributed by atoms with Crippen molar-refractivity contribution in [3.05, 3.63) is 0 Å². The molecule has 0 nitrogen and oxygen atoms in total. The van der Waals surface area contributed by atoms with Gasteiger partial charge in [0.2, 0.25) is 0 Å². The number of hydrogen-bond donors (Lipinski definition) is 4. The van der Waals surface area contributed by atoms with Gasteiger partial charge in [-0.3, -0.25) is 0 Å². The first-order valence-corrected chi connectivity index (χ1v) is 11.3. The first-order chi connectivity index (χ1) is 8.29. The van der Waals surface area contributed by atoms with E-state index in [0.29, 0.717) is 10.5 Å². The standard InChI is InChI=1S/C10H22S7/c11-1-4-15-8-10(17-6-3-13)9(7-14)16-5-2-12/h9-14H,1-8H2. The maximum atomic E-state index is 4.49. The summed E-state index contributed by atoms with van der Waals surface area (Å²) in [6.45, 7) is 0. The maximum absolute atomic E-state index is 4.49. The van der Waals surface area contributed by atoms with Crippen molar-refractivity contribution in [1.29, 1.82) is 0 Å². The zero-order valence-corrected chi connectivity index (χ0v) is 15.9. The number of rotatable bonds is 12. The van der Waals surface area contributed by atoms with Crippen LogP contribution in [0.3, 0.4) is 0 Å². The lowest BCUT2D eigenvalue weighted by Crippen LogP contribution is -2.26. The minimum absolute atomic E-state index is 0.628.